The van der Waals surface area contributed by atoms with Crippen LogP contribution in [0.5, 0.6) is 0 Å². The van der Waals surface area contributed by atoms with E-state index < -0.39 is 138 Å². The van der Waals surface area contributed by atoms with Crippen LogP contribution < -0.4 is 31.9 Å². The summed E-state index contributed by atoms with van der Waals surface area (Å²) >= 11 is 19.1. The molecule has 0 unspecified atom stereocenters. The smallest absolute Gasteiger partial charge is 0.409 e. The first-order chi connectivity index (χ1) is 44.3. The van der Waals surface area contributed by atoms with Gasteiger partial charge in [-0.05, 0) is 87.8 Å². The number of likely N-dealkylation sites (N-methyl/N-ethyl adjacent to an activating group) is 1. The number of nitrogens with zero attached hydrogens (tertiary/aromatic N) is 3. The fourth-order valence-corrected chi connectivity index (χ4v) is 11.9. The summed E-state index contributed by atoms with van der Waals surface area (Å²) in [4.78, 5) is 139. The molecule has 2 aromatic rings. The number of anilines is 1. The first-order valence-electron chi connectivity index (χ1n) is 30.9. The molecule has 3 saturated heterocycles. The number of halogens is 3. The average Bonchev–Trinajstić information content (AvgIpc) is 1.57. The number of thiocarbonyl (C=S) groups is 1. The van der Waals surface area contributed by atoms with Crippen molar-refractivity contribution >= 4 is 105 Å². The third-order valence-corrected chi connectivity index (χ3v) is 18.1. The van der Waals surface area contributed by atoms with E-state index in [1.165, 1.54) is 33.0 Å². The fraction of sp³-hybridized carbons (Fsp3) is 0.578. The van der Waals surface area contributed by atoms with E-state index in [1.807, 2.05) is 19.1 Å². The Morgan fingerprint density at radius 2 is 1.65 bits per heavy atom. The van der Waals surface area contributed by atoms with Crippen molar-refractivity contribution in [2.45, 2.75) is 160 Å². The van der Waals surface area contributed by atoms with Crippen molar-refractivity contribution in [1.29, 1.82) is 0 Å². The molecule has 26 nitrogen and oxygen atoms in total. The van der Waals surface area contributed by atoms with E-state index >= 15 is 4.39 Å². The number of imide groups is 1. The van der Waals surface area contributed by atoms with Crippen LogP contribution in [0.1, 0.15) is 120 Å². The molecular weight excluding hydrogens is 1290 g/mol. The zero-order valence-corrected chi connectivity index (χ0v) is 56.7. The van der Waals surface area contributed by atoms with Crippen LogP contribution in [0.15, 0.2) is 48.1 Å². The molecule has 6 rings (SSSR count). The van der Waals surface area contributed by atoms with E-state index in [9.17, 15) is 53.1 Å². The lowest BCUT2D eigenvalue weighted by molar-refractivity contribution is -0.198. The number of rotatable bonds is 27. The van der Waals surface area contributed by atoms with Crippen molar-refractivity contribution in [1.82, 2.24) is 31.2 Å². The van der Waals surface area contributed by atoms with Gasteiger partial charge in [-0.1, -0.05) is 86.1 Å². The zero-order valence-electron chi connectivity index (χ0n) is 54.4. The second kappa shape index (κ2) is 34.0. The molecule has 4 heterocycles. The summed E-state index contributed by atoms with van der Waals surface area (Å²) in [5.41, 5.74) is 4.10. The number of amides is 8. The maximum Gasteiger partial charge on any atom is 0.409 e. The number of methoxy groups -OCH3 is 1. The summed E-state index contributed by atoms with van der Waals surface area (Å²) in [6.45, 7) is 12.8. The number of alkyl carbamates (subject to hydrolysis) is 1. The van der Waals surface area contributed by atoms with Gasteiger partial charge in [-0.2, -0.15) is 0 Å². The minimum Gasteiger partial charge on any atom is -0.457 e. The topological polar surface area (TPSA) is 343 Å². The largest absolute Gasteiger partial charge is 0.457 e. The third-order valence-electron chi connectivity index (χ3n) is 17.0. The number of nitrogens with two attached hydrogens (primary N) is 1. The highest BCUT2D eigenvalue weighted by Crippen LogP contribution is 2.49. The van der Waals surface area contributed by atoms with Crippen molar-refractivity contribution in [3.8, 4) is 0 Å². The first-order valence-corrected chi connectivity index (χ1v) is 32.1. The quantitative estimate of drug-likeness (QED) is 0.0209. The lowest BCUT2D eigenvalue weighted by atomic mass is 9.83. The number of ketones is 1. The third kappa shape index (κ3) is 20.2. The molecule has 0 saturated carbocycles. The zero-order chi connectivity index (χ0) is 69.5. The summed E-state index contributed by atoms with van der Waals surface area (Å²) in [5.74, 6) is -8.29. The number of epoxide rings is 1. The minimum atomic E-state index is -1.93. The molecule has 3 fully saturated rings. The number of esters is 1. The van der Waals surface area contributed by atoms with Crippen LogP contribution in [-0.2, 0) is 79.7 Å². The molecule has 30 heteroatoms. The molecule has 0 aromatic heterocycles. The Bertz CT molecular complexity index is 3250. The van der Waals surface area contributed by atoms with Gasteiger partial charge in [-0.3, -0.25) is 34.1 Å². The number of urea groups is 1. The van der Waals surface area contributed by atoms with Crippen molar-refractivity contribution in [3.05, 3.63) is 86.2 Å². The Labute approximate surface area is 560 Å². The van der Waals surface area contributed by atoms with Gasteiger partial charge in [0.05, 0.1) is 77.7 Å². The molecule has 516 valence electrons. The summed E-state index contributed by atoms with van der Waals surface area (Å²) < 4.78 is 51.1. The molecule has 0 spiro atoms. The van der Waals surface area contributed by atoms with E-state index in [2.05, 4.69) is 21.3 Å². The Kier molecular flexibility index (Phi) is 27.4. The van der Waals surface area contributed by atoms with Crippen molar-refractivity contribution in [2.24, 2.45) is 23.5 Å². The summed E-state index contributed by atoms with van der Waals surface area (Å²) in [6.07, 6.45) is -0.694. The molecule has 94 heavy (non-hydrogen) atoms. The summed E-state index contributed by atoms with van der Waals surface area (Å²) in [7, 11) is 4.19. The highest BCUT2D eigenvalue weighted by molar-refractivity contribution is 7.80. The molecular formula is C64H85Cl2FN8O18S. The number of hydrogen-bond acceptors (Lipinski definition) is 19. The molecule has 0 aliphatic carbocycles. The van der Waals surface area contributed by atoms with Crippen molar-refractivity contribution in [3.63, 3.8) is 0 Å². The number of nitrogens with one attached hydrogen (secondary N) is 4. The van der Waals surface area contributed by atoms with Crippen LogP contribution in [0.4, 0.5) is 19.7 Å². The number of fused-ring (bicyclic) bond motifs is 5. The molecule has 4 bridgehead atoms. The molecule has 8 amide bonds. The Morgan fingerprint density at radius 1 is 0.968 bits per heavy atom. The molecule has 7 N–H and O–H groups in total. The predicted molar refractivity (Wildman–Crippen MR) is 344 cm³/mol. The van der Waals surface area contributed by atoms with Gasteiger partial charge in [0.2, 0.25) is 11.8 Å². The fourth-order valence-electron chi connectivity index (χ4n) is 11.2. The number of primary amides is 1. The van der Waals surface area contributed by atoms with Gasteiger partial charge >= 0.3 is 24.1 Å². The highest BCUT2D eigenvalue weighted by Gasteiger charge is 2.64. The number of allylic oxidation sites excluding steroid dienone is 3. The van der Waals surface area contributed by atoms with E-state index in [1.54, 1.807) is 52.8 Å². The molecule has 4 aliphatic heterocycles. The lowest BCUT2D eigenvalue weighted by Gasteiger charge is -2.42. The van der Waals surface area contributed by atoms with Gasteiger partial charge in [0, 0.05) is 78.2 Å². The van der Waals surface area contributed by atoms with E-state index in [0.29, 0.717) is 32.7 Å². The Balaban J connectivity index is 1.10. The summed E-state index contributed by atoms with van der Waals surface area (Å²) in [6, 6.07) is 2.17. The predicted octanol–water partition coefficient (Wildman–Crippen LogP) is 5.58. The van der Waals surface area contributed by atoms with Gasteiger partial charge in [0.25, 0.3) is 17.7 Å². The van der Waals surface area contributed by atoms with Gasteiger partial charge < -0.3 is 69.8 Å². The Hall–Kier alpha value is -7.18. The normalized spacial score (nSPS) is 24.1. The first kappa shape index (κ1) is 75.8. The van der Waals surface area contributed by atoms with Gasteiger partial charge in [0.15, 0.2) is 11.5 Å². The number of carbonyl (C=O) groups is 10. The number of hydroxylamine groups is 2. The number of hydrogen-bond donors (Lipinski definition) is 6. The van der Waals surface area contributed by atoms with Crippen molar-refractivity contribution < 1.29 is 90.7 Å². The highest BCUT2D eigenvalue weighted by atomic mass is 35.5. The number of aryl methyl sites for hydroxylation is 1. The average molecular weight is 1380 g/mol. The van der Waals surface area contributed by atoms with Crippen LogP contribution in [0, 0.1) is 30.5 Å². The Morgan fingerprint density at radius 3 is 2.31 bits per heavy atom. The number of aliphatic hydroxyl groups is 1. The minimum absolute atomic E-state index is 0.00354. The monoisotopic (exact) mass is 1370 g/mol. The molecule has 2 aromatic carbocycles. The molecule has 0 radical (unpaired) electrons. The van der Waals surface area contributed by atoms with Crippen LogP contribution in [0.3, 0.4) is 0 Å². The number of carbonyl (C=O) groups excluding carboxylic acids is 10. The van der Waals surface area contributed by atoms with Crippen LogP contribution >= 0.6 is 35.4 Å². The van der Waals surface area contributed by atoms with Gasteiger partial charge in [0.1, 0.15) is 35.8 Å². The van der Waals surface area contributed by atoms with Crippen molar-refractivity contribution in [2.75, 3.05) is 65.6 Å². The standard InChI is InChI=1S/C64H85Cl2FN8O18S/c1-34(2)41(31-51(94)69-20-22-89-24-23-88-21-18-55(80)93-75-52(77)16-17-53(75)78)58(81)71-45(14-12-19-70-61(68)84)47(76)29-40-28-43(65)42(30-44(40)67)59(82)73(8)38(6)60(83)91-50-32-54(79)74(9)46-27-39(26-36(4)56(46)66)25-35(3)13-11-15-49(87-10)64(86)33-48(90-62(85)72-64)37(5)57-63(50,7)92-57/h11,13,15,26-28,30,34,37-38,41,45,48-50,57,86H,12,14,16-25,29,31-33H2,1-10H3,(H,69,94)(H,71,81)(H,72,85)(H3,68,70,84)/b15-11+,35-13+/t37-,38+,41+,45+,48+,49-,50+,57+,63+,64+/m1/s1. The van der Waals surface area contributed by atoms with E-state index in [4.69, 9.17) is 74.4 Å². The SMILES string of the molecule is CO[C@@H]1/C=C/C=C(\C)Cc2cc(C)c(Cl)c(c2)N(C)C(=O)C[C@H](OC(=O)[C@H](C)N(C)C(=O)c2cc(F)c(CC(=O)[C@H](CCCNC(N)=O)NC(=O)[C@@H](CC(=S)NCCOCCOCCC(=O)ON3C(=O)CCC3=O)C(C)C)cc2Cl)[C@]2(C)O[C@H]2[C@H](C)[C@@H]2C[C@@]1(O)NC(=O)O2. The number of benzene rings is 2. The van der Waals surface area contributed by atoms with Gasteiger partial charge in [-0.15, -0.1) is 5.06 Å². The van der Waals surface area contributed by atoms with Gasteiger partial charge in [-0.25, -0.2) is 23.6 Å². The molecule has 4 aliphatic rings. The number of ether oxygens (including phenoxy) is 6. The van der Waals surface area contributed by atoms with Crippen LogP contribution in [0.25, 0.3) is 0 Å². The van der Waals surface area contributed by atoms with E-state index in [-0.39, 0.29) is 107 Å². The maximum atomic E-state index is 16.3. The second-order valence-electron chi connectivity index (χ2n) is 24.4. The van der Waals surface area contributed by atoms with E-state index in [0.717, 1.165) is 28.2 Å². The van der Waals surface area contributed by atoms with Crippen LogP contribution in [-0.4, -0.2) is 188 Å². The van der Waals surface area contributed by atoms with Crippen LogP contribution in [0.2, 0.25) is 10.0 Å². The molecule has 10 atom stereocenters. The maximum absolute atomic E-state index is 16.3. The number of Topliss-reactive ketones (excluding diaryl/α,β-unsaturated/α-hetero) is 1. The summed E-state index contributed by atoms with van der Waals surface area (Å²) in [5, 5.41) is 23.2. The second-order valence-corrected chi connectivity index (χ2v) is 25.7. The lowest BCUT2D eigenvalue weighted by Crippen LogP contribution is -2.63.